The standard InChI is InChI=1S/C20H29NO6/c1-14(2)26-18(22)12-8-11-17(19(23)27-15(3)4)21-20(24)25-13-16-9-6-5-7-10-16/h5-7,9-10,14-15,17H,8,11-13H2,1-4H3,(H,21,24). The molecule has 0 aliphatic carbocycles. The van der Waals surface area contributed by atoms with Crippen molar-refractivity contribution in [2.45, 2.75) is 71.8 Å². The third-order valence-corrected chi connectivity index (χ3v) is 3.38. The molecule has 0 radical (unpaired) electrons. The Morgan fingerprint density at radius 1 is 0.963 bits per heavy atom. The molecule has 0 bridgehead atoms. The zero-order chi connectivity index (χ0) is 20.2. The Balaban J connectivity index is 2.53. The van der Waals surface area contributed by atoms with Crippen LogP contribution in [0, 0.1) is 0 Å². The second-order valence-corrected chi connectivity index (χ2v) is 6.68. The lowest BCUT2D eigenvalue weighted by Gasteiger charge is -2.19. The van der Waals surface area contributed by atoms with Crippen LogP contribution in [0.3, 0.4) is 0 Å². The van der Waals surface area contributed by atoms with E-state index in [4.69, 9.17) is 14.2 Å². The molecule has 1 aromatic rings. The molecule has 0 heterocycles. The van der Waals surface area contributed by atoms with Gasteiger partial charge in [0.2, 0.25) is 0 Å². The van der Waals surface area contributed by atoms with E-state index in [0.717, 1.165) is 5.56 Å². The number of alkyl carbamates (subject to hydrolysis) is 1. The summed E-state index contributed by atoms with van der Waals surface area (Å²) in [6, 6.07) is 8.33. The van der Waals surface area contributed by atoms with Crippen molar-refractivity contribution in [2.75, 3.05) is 0 Å². The third-order valence-electron chi connectivity index (χ3n) is 3.38. The van der Waals surface area contributed by atoms with E-state index < -0.39 is 18.1 Å². The molecule has 1 N–H and O–H groups in total. The maximum absolute atomic E-state index is 12.2. The van der Waals surface area contributed by atoms with E-state index >= 15 is 0 Å². The number of hydrogen-bond acceptors (Lipinski definition) is 6. The summed E-state index contributed by atoms with van der Waals surface area (Å²) in [5.41, 5.74) is 0.838. The van der Waals surface area contributed by atoms with E-state index in [-0.39, 0.29) is 37.6 Å². The summed E-state index contributed by atoms with van der Waals surface area (Å²) in [5, 5.41) is 2.52. The Morgan fingerprint density at radius 2 is 1.59 bits per heavy atom. The number of esters is 2. The summed E-state index contributed by atoms with van der Waals surface area (Å²) >= 11 is 0. The lowest BCUT2D eigenvalue weighted by Crippen LogP contribution is -2.42. The molecule has 0 aliphatic rings. The van der Waals surface area contributed by atoms with Crippen molar-refractivity contribution in [3.8, 4) is 0 Å². The molecule has 1 aromatic carbocycles. The van der Waals surface area contributed by atoms with E-state index in [1.807, 2.05) is 30.3 Å². The van der Waals surface area contributed by atoms with Gasteiger partial charge in [0.05, 0.1) is 12.2 Å². The number of hydrogen-bond donors (Lipinski definition) is 1. The zero-order valence-corrected chi connectivity index (χ0v) is 16.4. The fourth-order valence-corrected chi connectivity index (χ4v) is 2.24. The Hall–Kier alpha value is -2.57. The average Bonchev–Trinajstić information content (AvgIpc) is 2.58. The Labute approximate surface area is 160 Å². The molecular weight excluding hydrogens is 350 g/mol. The second-order valence-electron chi connectivity index (χ2n) is 6.68. The monoisotopic (exact) mass is 379 g/mol. The summed E-state index contributed by atoms with van der Waals surface area (Å²) in [6.45, 7) is 7.08. The van der Waals surface area contributed by atoms with Crippen LogP contribution in [0.1, 0.15) is 52.5 Å². The quantitative estimate of drug-likeness (QED) is 0.495. The van der Waals surface area contributed by atoms with Gasteiger partial charge >= 0.3 is 18.0 Å². The van der Waals surface area contributed by atoms with Crippen molar-refractivity contribution in [2.24, 2.45) is 0 Å². The van der Waals surface area contributed by atoms with E-state index in [9.17, 15) is 14.4 Å². The average molecular weight is 379 g/mol. The van der Waals surface area contributed by atoms with Gasteiger partial charge in [-0.15, -0.1) is 0 Å². The number of rotatable bonds is 10. The maximum Gasteiger partial charge on any atom is 0.408 e. The summed E-state index contributed by atoms with van der Waals surface area (Å²) in [5.74, 6) is -0.897. The zero-order valence-electron chi connectivity index (χ0n) is 16.4. The van der Waals surface area contributed by atoms with Crippen LogP contribution in [0.25, 0.3) is 0 Å². The first-order valence-electron chi connectivity index (χ1n) is 9.15. The number of nitrogens with one attached hydrogen (secondary N) is 1. The molecule has 0 spiro atoms. The minimum atomic E-state index is -0.887. The Bertz CT molecular complexity index is 600. The molecule has 27 heavy (non-hydrogen) atoms. The first-order valence-corrected chi connectivity index (χ1v) is 9.15. The van der Waals surface area contributed by atoms with Crippen LogP contribution >= 0.6 is 0 Å². The van der Waals surface area contributed by atoms with Crippen LogP contribution in [-0.4, -0.2) is 36.3 Å². The number of carbonyl (C=O) groups excluding carboxylic acids is 3. The van der Waals surface area contributed by atoms with Crippen molar-refractivity contribution in [3.63, 3.8) is 0 Å². The number of benzene rings is 1. The van der Waals surface area contributed by atoms with Gasteiger partial charge in [-0.2, -0.15) is 0 Å². The van der Waals surface area contributed by atoms with Crippen LogP contribution in [0.4, 0.5) is 4.79 Å². The molecule has 7 heteroatoms. The normalized spacial score (nSPS) is 11.8. The summed E-state index contributed by atoms with van der Waals surface area (Å²) in [4.78, 5) is 35.8. The van der Waals surface area contributed by atoms with Gasteiger partial charge in [-0.25, -0.2) is 9.59 Å². The first kappa shape index (κ1) is 22.5. The predicted octanol–water partition coefficient (Wildman–Crippen LogP) is 3.35. The van der Waals surface area contributed by atoms with E-state index in [2.05, 4.69) is 5.32 Å². The van der Waals surface area contributed by atoms with Crippen molar-refractivity contribution < 1.29 is 28.6 Å². The van der Waals surface area contributed by atoms with Gasteiger partial charge in [-0.3, -0.25) is 4.79 Å². The fourth-order valence-electron chi connectivity index (χ4n) is 2.24. The molecule has 1 amide bonds. The van der Waals surface area contributed by atoms with Crippen LogP contribution in [0.2, 0.25) is 0 Å². The predicted molar refractivity (Wildman–Crippen MR) is 99.9 cm³/mol. The number of ether oxygens (including phenoxy) is 3. The molecule has 0 fully saturated rings. The van der Waals surface area contributed by atoms with Gasteiger partial charge in [-0.1, -0.05) is 30.3 Å². The van der Waals surface area contributed by atoms with Crippen LogP contribution < -0.4 is 5.32 Å². The van der Waals surface area contributed by atoms with Gasteiger partial charge in [-0.05, 0) is 46.1 Å². The van der Waals surface area contributed by atoms with Crippen molar-refractivity contribution in [3.05, 3.63) is 35.9 Å². The molecule has 150 valence electrons. The summed E-state index contributed by atoms with van der Waals surface area (Å²) < 4.78 is 15.4. The highest BCUT2D eigenvalue weighted by Gasteiger charge is 2.24. The lowest BCUT2D eigenvalue weighted by molar-refractivity contribution is -0.151. The summed E-state index contributed by atoms with van der Waals surface area (Å²) in [7, 11) is 0. The molecular formula is C20H29NO6. The largest absolute Gasteiger partial charge is 0.463 e. The molecule has 1 rings (SSSR count). The minimum Gasteiger partial charge on any atom is -0.463 e. The van der Waals surface area contributed by atoms with Crippen LogP contribution in [-0.2, 0) is 30.4 Å². The van der Waals surface area contributed by atoms with Gasteiger partial charge < -0.3 is 19.5 Å². The van der Waals surface area contributed by atoms with Crippen molar-refractivity contribution in [1.82, 2.24) is 5.32 Å². The van der Waals surface area contributed by atoms with Gasteiger partial charge in [0.25, 0.3) is 0 Å². The smallest absolute Gasteiger partial charge is 0.408 e. The van der Waals surface area contributed by atoms with Gasteiger partial charge in [0.1, 0.15) is 12.6 Å². The first-order chi connectivity index (χ1) is 12.8. The molecule has 7 nitrogen and oxygen atoms in total. The molecule has 0 aromatic heterocycles. The molecule has 1 atom stereocenters. The second kappa shape index (κ2) is 11.9. The maximum atomic E-state index is 12.2. The number of carbonyl (C=O) groups is 3. The molecule has 0 aliphatic heterocycles. The van der Waals surface area contributed by atoms with Crippen LogP contribution in [0.5, 0.6) is 0 Å². The fraction of sp³-hybridized carbons (Fsp3) is 0.550. The highest BCUT2D eigenvalue weighted by molar-refractivity contribution is 5.81. The lowest BCUT2D eigenvalue weighted by atomic mass is 10.1. The highest BCUT2D eigenvalue weighted by Crippen LogP contribution is 2.08. The third kappa shape index (κ3) is 10.2. The van der Waals surface area contributed by atoms with E-state index in [0.29, 0.717) is 6.42 Å². The minimum absolute atomic E-state index is 0.0966. The van der Waals surface area contributed by atoms with Crippen molar-refractivity contribution in [1.29, 1.82) is 0 Å². The summed E-state index contributed by atoms with van der Waals surface area (Å²) in [6.07, 6.45) is -0.431. The molecule has 0 saturated carbocycles. The topological polar surface area (TPSA) is 90.9 Å². The van der Waals surface area contributed by atoms with Crippen LogP contribution in [0.15, 0.2) is 30.3 Å². The van der Waals surface area contributed by atoms with E-state index in [1.54, 1.807) is 27.7 Å². The molecule has 1 unspecified atom stereocenters. The Morgan fingerprint density at radius 3 is 2.19 bits per heavy atom. The number of amides is 1. The van der Waals surface area contributed by atoms with E-state index in [1.165, 1.54) is 0 Å². The molecule has 0 saturated heterocycles. The highest BCUT2D eigenvalue weighted by atomic mass is 16.6. The van der Waals surface area contributed by atoms with Crippen molar-refractivity contribution >= 4 is 18.0 Å². The Kier molecular flexibility index (Phi) is 9.93. The van der Waals surface area contributed by atoms with Gasteiger partial charge in [0.15, 0.2) is 0 Å². The van der Waals surface area contributed by atoms with Gasteiger partial charge in [0, 0.05) is 6.42 Å². The SMILES string of the molecule is CC(C)OC(=O)CCCC(NC(=O)OCc1ccccc1)C(=O)OC(C)C.